The summed E-state index contributed by atoms with van der Waals surface area (Å²) in [5.41, 5.74) is 6.52. The van der Waals surface area contributed by atoms with Crippen LogP contribution in [0.25, 0.3) is 0 Å². The van der Waals surface area contributed by atoms with Gasteiger partial charge < -0.3 is 20.5 Å². The molecule has 0 radical (unpaired) electrons. The highest BCUT2D eigenvalue weighted by Gasteiger charge is 2.13. The molecule has 1 amide bonds. The number of benzene rings is 1. The maximum absolute atomic E-state index is 11.6. The lowest BCUT2D eigenvalue weighted by atomic mass is 10.1. The molecule has 0 fully saturated rings. The van der Waals surface area contributed by atoms with Crippen molar-refractivity contribution in [2.24, 2.45) is 5.73 Å². The van der Waals surface area contributed by atoms with Gasteiger partial charge in [0.1, 0.15) is 0 Å². The molecule has 0 bridgehead atoms. The summed E-state index contributed by atoms with van der Waals surface area (Å²) in [6, 6.07) is 3.77. The van der Waals surface area contributed by atoms with Gasteiger partial charge in [-0.25, -0.2) is 0 Å². The highest BCUT2D eigenvalue weighted by molar-refractivity contribution is 6.32. The van der Waals surface area contributed by atoms with Gasteiger partial charge in [-0.2, -0.15) is 0 Å². The minimum atomic E-state index is -0.0557. The molecular weight excluding hydrogens is 292 g/mol. The zero-order valence-electron chi connectivity index (χ0n) is 12.7. The summed E-state index contributed by atoms with van der Waals surface area (Å²) < 4.78 is 10.9. The second-order valence-electron chi connectivity index (χ2n) is 4.97. The summed E-state index contributed by atoms with van der Waals surface area (Å²) in [5.74, 6) is 0.951. The molecule has 0 aliphatic heterocycles. The van der Waals surface area contributed by atoms with Gasteiger partial charge in [0.2, 0.25) is 5.91 Å². The molecule has 0 aromatic heterocycles. The Morgan fingerprint density at radius 1 is 1.43 bits per heavy atom. The molecule has 118 valence electrons. The van der Waals surface area contributed by atoms with Crippen LogP contribution in [0, 0.1) is 0 Å². The van der Waals surface area contributed by atoms with Crippen LogP contribution in [0.4, 0.5) is 0 Å². The predicted molar refractivity (Wildman–Crippen MR) is 84.2 cm³/mol. The fourth-order valence-electron chi connectivity index (χ4n) is 1.86. The first-order chi connectivity index (χ1) is 9.97. The number of hydrogen-bond donors (Lipinski definition) is 2. The van der Waals surface area contributed by atoms with Crippen LogP contribution < -0.4 is 20.5 Å². The summed E-state index contributed by atoms with van der Waals surface area (Å²) in [6.45, 7) is 4.60. The van der Waals surface area contributed by atoms with Gasteiger partial charge in [-0.1, -0.05) is 11.6 Å². The smallest absolute Gasteiger partial charge is 0.223 e. The van der Waals surface area contributed by atoms with Crippen molar-refractivity contribution in [1.29, 1.82) is 0 Å². The topological polar surface area (TPSA) is 73.6 Å². The molecule has 5 nitrogen and oxygen atoms in total. The number of carbonyl (C=O) groups is 1. The Kier molecular flexibility index (Phi) is 7.32. The molecular formula is C15H23ClN2O3. The SMILES string of the molecule is COc1cc(CCN)cc(Cl)c1OCCC(=O)NC(C)C. The Hall–Kier alpha value is -1.46. The lowest BCUT2D eigenvalue weighted by Crippen LogP contribution is -2.31. The number of ether oxygens (including phenoxy) is 2. The standard InChI is InChI=1S/C15H23ClN2O3/c1-10(2)18-14(19)5-7-21-15-12(16)8-11(4-6-17)9-13(15)20-3/h8-10H,4-7,17H2,1-3H3,(H,18,19). The summed E-state index contributed by atoms with van der Waals surface area (Å²) in [7, 11) is 1.55. The second-order valence-corrected chi connectivity index (χ2v) is 5.38. The van der Waals surface area contributed by atoms with E-state index < -0.39 is 0 Å². The van der Waals surface area contributed by atoms with Crippen LogP contribution in [0.2, 0.25) is 5.02 Å². The van der Waals surface area contributed by atoms with Crippen molar-refractivity contribution in [3.63, 3.8) is 0 Å². The highest BCUT2D eigenvalue weighted by Crippen LogP contribution is 2.36. The fourth-order valence-corrected chi connectivity index (χ4v) is 2.15. The predicted octanol–water partition coefficient (Wildman–Crippen LogP) is 2.14. The van der Waals surface area contributed by atoms with Gasteiger partial charge in [0, 0.05) is 6.04 Å². The van der Waals surface area contributed by atoms with Crippen LogP contribution in [-0.2, 0) is 11.2 Å². The lowest BCUT2D eigenvalue weighted by Gasteiger charge is -2.14. The molecule has 0 saturated heterocycles. The van der Waals surface area contributed by atoms with Gasteiger partial charge >= 0.3 is 0 Å². The second kappa shape index (κ2) is 8.74. The summed E-state index contributed by atoms with van der Waals surface area (Å²) in [4.78, 5) is 11.6. The molecule has 1 aromatic carbocycles. The molecule has 0 heterocycles. The van der Waals surface area contributed by atoms with Crippen LogP contribution in [0.5, 0.6) is 11.5 Å². The molecule has 1 rings (SSSR count). The molecule has 1 aromatic rings. The summed E-state index contributed by atoms with van der Waals surface area (Å²) >= 11 is 6.20. The number of amides is 1. The van der Waals surface area contributed by atoms with Gasteiger partial charge in [-0.3, -0.25) is 4.79 Å². The van der Waals surface area contributed by atoms with Gasteiger partial charge in [-0.05, 0) is 44.5 Å². The van der Waals surface area contributed by atoms with E-state index in [0.717, 1.165) is 5.56 Å². The first kappa shape index (κ1) is 17.6. The Balaban J connectivity index is 2.68. The van der Waals surface area contributed by atoms with Crippen LogP contribution in [0.3, 0.4) is 0 Å². The third kappa shape index (κ3) is 5.81. The maximum atomic E-state index is 11.6. The minimum absolute atomic E-state index is 0.0557. The van der Waals surface area contributed by atoms with Crippen LogP contribution in [0.1, 0.15) is 25.8 Å². The van der Waals surface area contributed by atoms with Crippen LogP contribution >= 0.6 is 11.6 Å². The van der Waals surface area contributed by atoms with Gasteiger partial charge in [-0.15, -0.1) is 0 Å². The minimum Gasteiger partial charge on any atom is -0.493 e. The largest absolute Gasteiger partial charge is 0.493 e. The number of hydrogen-bond acceptors (Lipinski definition) is 4. The molecule has 0 aliphatic carbocycles. The van der Waals surface area contributed by atoms with E-state index in [1.807, 2.05) is 19.9 Å². The third-order valence-electron chi connectivity index (χ3n) is 2.75. The number of rotatable bonds is 8. The first-order valence-electron chi connectivity index (χ1n) is 6.96. The molecule has 6 heteroatoms. The zero-order chi connectivity index (χ0) is 15.8. The first-order valence-corrected chi connectivity index (χ1v) is 7.34. The zero-order valence-corrected chi connectivity index (χ0v) is 13.5. The van der Waals surface area contributed by atoms with E-state index in [-0.39, 0.29) is 25.0 Å². The molecule has 0 atom stereocenters. The van der Waals surface area contributed by atoms with Crippen molar-refractivity contribution in [3.05, 3.63) is 22.7 Å². The van der Waals surface area contributed by atoms with Crippen molar-refractivity contribution in [1.82, 2.24) is 5.32 Å². The van der Waals surface area contributed by atoms with E-state index in [1.165, 1.54) is 0 Å². The normalized spacial score (nSPS) is 10.6. The maximum Gasteiger partial charge on any atom is 0.223 e. The molecule has 0 saturated carbocycles. The van der Waals surface area contributed by atoms with Crippen molar-refractivity contribution in [2.75, 3.05) is 20.3 Å². The van der Waals surface area contributed by atoms with E-state index in [9.17, 15) is 4.79 Å². The number of halogens is 1. The quantitative estimate of drug-likeness (QED) is 0.771. The summed E-state index contributed by atoms with van der Waals surface area (Å²) in [5, 5.41) is 3.26. The van der Waals surface area contributed by atoms with Crippen LogP contribution in [-0.4, -0.2) is 32.2 Å². The molecule has 0 aliphatic rings. The van der Waals surface area contributed by atoms with Gasteiger partial charge in [0.15, 0.2) is 11.5 Å². The molecule has 0 unspecified atom stereocenters. The van der Waals surface area contributed by atoms with E-state index in [4.69, 9.17) is 26.8 Å². The van der Waals surface area contributed by atoms with Crippen molar-refractivity contribution < 1.29 is 14.3 Å². The number of nitrogens with one attached hydrogen (secondary N) is 1. The Morgan fingerprint density at radius 2 is 2.14 bits per heavy atom. The monoisotopic (exact) mass is 314 g/mol. The summed E-state index contributed by atoms with van der Waals surface area (Å²) in [6.07, 6.45) is 0.982. The number of nitrogens with two attached hydrogens (primary N) is 1. The van der Waals surface area contributed by atoms with E-state index >= 15 is 0 Å². The average molecular weight is 315 g/mol. The van der Waals surface area contributed by atoms with Crippen molar-refractivity contribution in [2.45, 2.75) is 32.7 Å². The van der Waals surface area contributed by atoms with E-state index in [0.29, 0.717) is 29.5 Å². The van der Waals surface area contributed by atoms with E-state index in [1.54, 1.807) is 13.2 Å². The molecule has 0 spiro atoms. The fraction of sp³-hybridized carbons (Fsp3) is 0.533. The van der Waals surface area contributed by atoms with E-state index in [2.05, 4.69) is 5.32 Å². The van der Waals surface area contributed by atoms with Crippen molar-refractivity contribution >= 4 is 17.5 Å². The number of methoxy groups -OCH3 is 1. The highest BCUT2D eigenvalue weighted by atomic mass is 35.5. The third-order valence-corrected chi connectivity index (χ3v) is 3.03. The Morgan fingerprint density at radius 3 is 2.71 bits per heavy atom. The van der Waals surface area contributed by atoms with Gasteiger partial charge in [0.25, 0.3) is 0 Å². The average Bonchev–Trinajstić information content (AvgIpc) is 2.40. The van der Waals surface area contributed by atoms with Crippen LogP contribution in [0.15, 0.2) is 12.1 Å². The lowest BCUT2D eigenvalue weighted by molar-refractivity contribution is -0.122. The van der Waals surface area contributed by atoms with Gasteiger partial charge in [0.05, 0.1) is 25.2 Å². The Labute approximate surface area is 130 Å². The molecule has 3 N–H and O–H groups in total. The molecule has 21 heavy (non-hydrogen) atoms. The van der Waals surface area contributed by atoms with Crippen molar-refractivity contribution in [3.8, 4) is 11.5 Å². The Bertz CT molecular complexity index is 478. The number of carbonyl (C=O) groups excluding carboxylic acids is 1.